The molecule has 1 saturated heterocycles. The molecule has 150 valence electrons. The number of halogens is 1. The monoisotopic (exact) mass is 411 g/mol. The van der Waals surface area contributed by atoms with E-state index in [1.807, 2.05) is 36.1 Å². The number of fused-ring (bicyclic) bond motifs is 3. The molecule has 5 nitrogen and oxygen atoms in total. The second-order valence-corrected chi connectivity index (χ2v) is 9.98. The Hall–Kier alpha value is -2.51. The summed E-state index contributed by atoms with van der Waals surface area (Å²) in [6.07, 6.45) is 3.87. The molecule has 0 amide bonds. The van der Waals surface area contributed by atoms with Crippen molar-refractivity contribution in [3.8, 4) is 11.1 Å². The van der Waals surface area contributed by atoms with E-state index < -0.39 is 15.1 Å². The van der Waals surface area contributed by atoms with E-state index in [-0.39, 0.29) is 11.7 Å². The minimum absolute atomic E-state index is 0.0309. The van der Waals surface area contributed by atoms with Gasteiger partial charge in [-0.3, -0.25) is 9.58 Å². The van der Waals surface area contributed by atoms with Crippen LogP contribution in [0, 0.1) is 5.82 Å². The first-order chi connectivity index (χ1) is 14.0. The van der Waals surface area contributed by atoms with Gasteiger partial charge in [0.15, 0.2) is 9.84 Å². The maximum Gasteiger partial charge on any atom is 0.183 e. The summed E-state index contributed by atoms with van der Waals surface area (Å²) < 4.78 is 41.4. The molecule has 2 aromatic carbocycles. The largest absolute Gasteiger partial charge is 0.297 e. The van der Waals surface area contributed by atoms with E-state index in [9.17, 15) is 12.8 Å². The molecule has 0 spiro atoms. The molecule has 3 aromatic rings. The van der Waals surface area contributed by atoms with E-state index >= 15 is 0 Å². The molecule has 2 aliphatic heterocycles. The lowest BCUT2D eigenvalue weighted by molar-refractivity contribution is 0.325. The molecule has 0 bridgehead atoms. The zero-order valence-electron chi connectivity index (χ0n) is 16.1. The summed E-state index contributed by atoms with van der Waals surface area (Å²) >= 11 is 0. The van der Waals surface area contributed by atoms with Gasteiger partial charge in [-0.15, -0.1) is 0 Å². The van der Waals surface area contributed by atoms with Crippen LogP contribution in [0.5, 0.6) is 0 Å². The number of benzene rings is 2. The number of likely N-dealkylation sites (tertiary alicyclic amines) is 1. The summed E-state index contributed by atoms with van der Waals surface area (Å²) in [6, 6.07) is 11.8. The molecule has 5 rings (SSSR count). The molecule has 2 unspecified atom stereocenters. The minimum atomic E-state index is -3.34. The van der Waals surface area contributed by atoms with Gasteiger partial charge in [0, 0.05) is 43.9 Å². The van der Waals surface area contributed by atoms with Gasteiger partial charge in [0.2, 0.25) is 0 Å². The predicted octanol–water partition coefficient (Wildman–Crippen LogP) is 3.46. The normalized spacial score (nSPS) is 22.6. The standard InChI is InChI=1S/C22H22FN3O2S/c1-2-26-12-15(10-24-26)11-25-13-20-19-9-17(16-3-6-18(23)7-4-16)5-8-21(19)29(27,28)22(20)14-25/h3-10,12,20,22H,2,11,13-14H2,1H3. The highest BCUT2D eigenvalue weighted by Crippen LogP contribution is 2.46. The van der Waals surface area contributed by atoms with Crippen LogP contribution in [0.1, 0.15) is 24.0 Å². The first-order valence-corrected chi connectivity index (χ1v) is 11.4. The summed E-state index contributed by atoms with van der Waals surface area (Å²) in [5.74, 6) is -0.313. The van der Waals surface area contributed by atoms with Crippen LogP contribution in [0.15, 0.2) is 59.8 Å². The Bertz CT molecular complexity index is 1170. The Kier molecular flexibility index (Phi) is 4.33. The van der Waals surface area contributed by atoms with Gasteiger partial charge in [-0.05, 0) is 47.9 Å². The minimum Gasteiger partial charge on any atom is -0.297 e. The van der Waals surface area contributed by atoms with Crippen molar-refractivity contribution < 1.29 is 12.8 Å². The molecule has 0 N–H and O–H groups in total. The van der Waals surface area contributed by atoms with E-state index in [0.717, 1.165) is 28.8 Å². The molecule has 2 aliphatic rings. The number of rotatable bonds is 4. The highest BCUT2D eigenvalue weighted by Gasteiger charge is 2.50. The molecular weight excluding hydrogens is 389 g/mol. The van der Waals surface area contributed by atoms with Crippen LogP contribution in [-0.2, 0) is 22.9 Å². The van der Waals surface area contributed by atoms with Crippen LogP contribution in [0.3, 0.4) is 0 Å². The Balaban J connectivity index is 1.45. The lowest BCUT2D eigenvalue weighted by Crippen LogP contribution is -2.25. The number of aromatic nitrogens is 2. The third kappa shape index (κ3) is 3.09. The molecule has 29 heavy (non-hydrogen) atoms. The second kappa shape index (κ2) is 6.78. The fourth-order valence-corrected chi connectivity index (χ4v) is 6.79. The predicted molar refractivity (Wildman–Crippen MR) is 109 cm³/mol. The first-order valence-electron chi connectivity index (χ1n) is 9.83. The molecule has 1 fully saturated rings. The molecule has 2 atom stereocenters. The van der Waals surface area contributed by atoms with Gasteiger partial charge in [0.25, 0.3) is 0 Å². The third-order valence-corrected chi connectivity index (χ3v) is 8.31. The Morgan fingerprint density at radius 3 is 2.59 bits per heavy atom. The molecule has 0 saturated carbocycles. The van der Waals surface area contributed by atoms with Crippen LogP contribution in [0.2, 0.25) is 0 Å². The summed E-state index contributed by atoms with van der Waals surface area (Å²) in [5, 5.41) is 3.91. The van der Waals surface area contributed by atoms with Crippen LogP contribution in [-0.4, -0.2) is 41.4 Å². The Morgan fingerprint density at radius 1 is 1.10 bits per heavy atom. The van der Waals surface area contributed by atoms with Gasteiger partial charge in [0.05, 0.1) is 16.3 Å². The van der Waals surface area contributed by atoms with Crippen molar-refractivity contribution in [3.63, 3.8) is 0 Å². The van der Waals surface area contributed by atoms with Gasteiger partial charge in [-0.1, -0.05) is 18.2 Å². The average Bonchev–Trinajstić information content (AvgIpc) is 3.39. The van der Waals surface area contributed by atoms with Gasteiger partial charge >= 0.3 is 0 Å². The van der Waals surface area contributed by atoms with Crippen LogP contribution < -0.4 is 0 Å². The summed E-state index contributed by atoms with van der Waals surface area (Å²) in [7, 11) is -3.34. The molecule has 3 heterocycles. The Labute approximate surface area is 169 Å². The van der Waals surface area contributed by atoms with Gasteiger partial charge in [-0.2, -0.15) is 5.10 Å². The molecule has 1 aromatic heterocycles. The number of hydrogen-bond acceptors (Lipinski definition) is 4. The van der Waals surface area contributed by atoms with Gasteiger partial charge in [-0.25, -0.2) is 12.8 Å². The van der Waals surface area contributed by atoms with Crippen LogP contribution in [0.4, 0.5) is 4.39 Å². The average molecular weight is 412 g/mol. The fourth-order valence-electron chi connectivity index (χ4n) is 4.60. The lowest BCUT2D eigenvalue weighted by atomic mass is 9.94. The smallest absolute Gasteiger partial charge is 0.183 e. The van der Waals surface area contributed by atoms with Crippen molar-refractivity contribution in [2.24, 2.45) is 0 Å². The van der Waals surface area contributed by atoms with Crippen molar-refractivity contribution in [3.05, 3.63) is 71.8 Å². The third-order valence-electron chi connectivity index (χ3n) is 6.05. The maximum atomic E-state index is 13.3. The van der Waals surface area contributed by atoms with Crippen molar-refractivity contribution in [2.75, 3.05) is 13.1 Å². The molecule has 0 radical (unpaired) electrons. The van der Waals surface area contributed by atoms with E-state index in [0.29, 0.717) is 24.5 Å². The van der Waals surface area contributed by atoms with Crippen LogP contribution >= 0.6 is 0 Å². The van der Waals surface area contributed by atoms with Crippen LogP contribution in [0.25, 0.3) is 11.1 Å². The SMILES string of the molecule is CCn1cc(CN2CC3c4cc(-c5ccc(F)cc5)ccc4S(=O)(=O)C3C2)cn1. The topological polar surface area (TPSA) is 55.2 Å². The summed E-state index contributed by atoms with van der Waals surface area (Å²) in [4.78, 5) is 2.66. The van der Waals surface area contributed by atoms with Gasteiger partial charge < -0.3 is 0 Å². The summed E-state index contributed by atoms with van der Waals surface area (Å²) in [5.41, 5.74) is 3.80. The van der Waals surface area contributed by atoms with Crippen molar-refractivity contribution in [1.82, 2.24) is 14.7 Å². The lowest BCUT2D eigenvalue weighted by Gasteiger charge is -2.16. The quantitative estimate of drug-likeness (QED) is 0.660. The molecule has 7 heteroatoms. The fraction of sp³-hybridized carbons (Fsp3) is 0.318. The maximum absolute atomic E-state index is 13.3. The highest BCUT2D eigenvalue weighted by atomic mass is 32.2. The van der Waals surface area contributed by atoms with Crippen molar-refractivity contribution in [2.45, 2.75) is 36.1 Å². The molecule has 0 aliphatic carbocycles. The number of aryl methyl sites for hydroxylation is 1. The Morgan fingerprint density at radius 2 is 1.86 bits per heavy atom. The van der Waals surface area contributed by atoms with Gasteiger partial charge in [0.1, 0.15) is 5.82 Å². The van der Waals surface area contributed by atoms with Crippen molar-refractivity contribution in [1.29, 1.82) is 0 Å². The highest BCUT2D eigenvalue weighted by molar-refractivity contribution is 7.92. The van der Waals surface area contributed by atoms with E-state index in [1.165, 1.54) is 12.1 Å². The number of nitrogens with zero attached hydrogens (tertiary/aromatic N) is 3. The molecular formula is C22H22FN3O2S. The number of hydrogen-bond donors (Lipinski definition) is 0. The van der Waals surface area contributed by atoms with Crippen molar-refractivity contribution >= 4 is 9.84 Å². The number of sulfone groups is 1. The first kappa shape index (κ1) is 18.5. The second-order valence-electron chi connectivity index (χ2n) is 7.85. The summed E-state index contributed by atoms with van der Waals surface area (Å²) in [6.45, 7) is 4.81. The van der Waals surface area contributed by atoms with E-state index in [4.69, 9.17) is 0 Å². The zero-order valence-corrected chi connectivity index (χ0v) is 16.9. The van der Waals surface area contributed by atoms with E-state index in [2.05, 4.69) is 10.00 Å². The van der Waals surface area contributed by atoms with E-state index in [1.54, 1.807) is 18.2 Å². The zero-order chi connectivity index (χ0) is 20.2.